The van der Waals surface area contributed by atoms with E-state index in [0.717, 1.165) is 11.4 Å². The maximum atomic E-state index is 5.20. The molecule has 0 aliphatic carbocycles. The van der Waals surface area contributed by atoms with Crippen molar-refractivity contribution in [3.05, 3.63) is 6.20 Å². The molecule has 0 aliphatic rings. The van der Waals surface area contributed by atoms with Gasteiger partial charge < -0.3 is 9.47 Å². The molecule has 1 aromatic heterocycles. The first-order chi connectivity index (χ1) is 6.81. The molecule has 0 saturated carbocycles. The summed E-state index contributed by atoms with van der Waals surface area (Å²) in [4.78, 5) is 0. The van der Waals surface area contributed by atoms with Gasteiger partial charge in [-0.3, -0.25) is 0 Å². The molecule has 0 fully saturated rings. The highest BCUT2D eigenvalue weighted by Gasteiger charge is 2.21. The molecule has 1 aromatic rings. The molecule has 5 nitrogen and oxygen atoms in total. The molecule has 1 rings (SSSR count). The third kappa shape index (κ3) is 2.97. The molecule has 14 heavy (non-hydrogen) atoms. The summed E-state index contributed by atoms with van der Waals surface area (Å²) in [5.74, 6) is 0. The van der Waals surface area contributed by atoms with Crippen LogP contribution in [0.5, 0.6) is 0 Å². The summed E-state index contributed by atoms with van der Waals surface area (Å²) in [7, 11) is 3.28. The number of aromatic amines is 1. The Bertz CT molecular complexity index is 239. The fourth-order valence-corrected chi connectivity index (χ4v) is 2.15. The first-order valence-corrected chi connectivity index (χ1v) is 5.27. The van der Waals surface area contributed by atoms with Gasteiger partial charge >= 0.3 is 0 Å². The van der Waals surface area contributed by atoms with E-state index in [1.807, 2.05) is 0 Å². The number of hydrogen-bond donors (Lipinski definition) is 1. The molecule has 0 unspecified atom stereocenters. The Kier molecular flexibility index (Phi) is 4.92. The van der Waals surface area contributed by atoms with Gasteiger partial charge in [0.15, 0.2) is 6.29 Å². The zero-order valence-electron chi connectivity index (χ0n) is 8.56. The van der Waals surface area contributed by atoms with Crippen molar-refractivity contribution in [1.82, 2.24) is 15.4 Å². The van der Waals surface area contributed by atoms with Crippen LogP contribution in [0.25, 0.3) is 0 Å². The molecule has 0 saturated heterocycles. The Hall–Kier alpha value is -0.590. The van der Waals surface area contributed by atoms with Crippen LogP contribution >= 0.6 is 11.8 Å². The Morgan fingerprint density at radius 3 is 2.64 bits per heavy atom. The number of nitrogens with zero attached hydrogens (tertiary/aromatic N) is 2. The van der Waals surface area contributed by atoms with Crippen molar-refractivity contribution >= 4 is 11.8 Å². The van der Waals surface area contributed by atoms with Crippen LogP contribution in [-0.4, -0.2) is 41.2 Å². The molecule has 0 aliphatic heterocycles. The van der Waals surface area contributed by atoms with Crippen molar-refractivity contribution < 1.29 is 9.47 Å². The second kappa shape index (κ2) is 6.00. The molecular formula is C8H15N3O2S. The van der Waals surface area contributed by atoms with Gasteiger partial charge in [-0.1, -0.05) is 18.7 Å². The van der Waals surface area contributed by atoms with Crippen LogP contribution in [0.2, 0.25) is 0 Å². The lowest BCUT2D eigenvalue weighted by Gasteiger charge is -2.21. The van der Waals surface area contributed by atoms with Gasteiger partial charge in [-0.25, -0.2) is 0 Å². The summed E-state index contributed by atoms with van der Waals surface area (Å²) in [6, 6.07) is 0. The predicted octanol–water partition coefficient (Wildman–Crippen LogP) is 1.29. The molecular weight excluding hydrogens is 202 g/mol. The van der Waals surface area contributed by atoms with E-state index in [-0.39, 0.29) is 11.5 Å². The molecule has 1 N–H and O–H groups in total. The number of ether oxygens (including phenoxy) is 2. The Morgan fingerprint density at radius 1 is 1.50 bits per heavy atom. The quantitative estimate of drug-likeness (QED) is 0.575. The Balaban J connectivity index is 2.53. The fourth-order valence-electron chi connectivity index (χ4n) is 1.13. The van der Waals surface area contributed by atoms with E-state index < -0.39 is 0 Å². The SMILES string of the molecule is CC[C@H](Sc1cn[nH]n1)C(OC)OC. The van der Waals surface area contributed by atoms with Crippen LogP contribution in [-0.2, 0) is 9.47 Å². The lowest BCUT2D eigenvalue weighted by Crippen LogP contribution is -2.26. The molecule has 0 aromatic carbocycles. The van der Waals surface area contributed by atoms with Gasteiger partial charge in [0.2, 0.25) is 0 Å². The summed E-state index contributed by atoms with van der Waals surface area (Å²) in [5, 5.41) is 11.4. The molecule has 0 spiro atoms. The van der Waals surface area contributed by atoms with Crippen LogP contribution in [0.3, 0.4) is 0 Å². The van der Waals surface area contributed by atoms with Crippen molar-refractivity contribution in [3.8, 4) is 0 Å². The highest BCUT2D eigenvalue weighted by atomic mass is 32.2. The third-order valence-electron chi connectivity index (χ3n) is 1.84. The fraction of sp³-hybridized carbons (Fsp3) is 0.750. The van der Waals surface area contributed by atoms with E-state index in [1.165, 1.54) is 0 Å². The predicted molar refractivity (Wildman–Crippen MR) is 54.1 cm³/mol. The minimum absolute atomic E-state index is 0.207. The summed E-state index contributed by atoms with van der Waals surface area (Å²) >= 11 is 1.60. The highest BCUT2D eigenvalue weighted by molar-refractivity contribution is 7.99. The average molecular weight is 217 g/mol. The molecule has 80 valence electrons. The maximum absolute atomic E-state index is 5.20. The summed E-state index contributed by atoms with van der Waals surface area (Å²) in [5.41, 5.74) is 0. The summed E-state index contributed by atoms with van der Waals surface area (Å²) in [6.07, 6.45) is 2.43. The van der Waals surface area contributed by atoms with E-state index in [9.17, 15) is 0 Å². The standard InChI is InChI=1S/C8H15N3O2S/c1-4-6(8(12-2)13-3)14-7-5-9-11-10-7/h5-6,8H,4H2,1-3H3,(H,9,10,11)/t6-/m0/s1. The molecule has 0 amide bonds. The number of aromatic nitrogens is 3. The number of methoxy groups -OCH3 is 2. The van der Waals surface area contributed by atoms with Crippen molar-refractivity contribution in [1.29, 1.82) is 0 Å². The molecule has 0 bridgehead atoms. The lowest BCUT2D eigenvalue weighted by atomic mass is 10.3. The number of H-pyrrole nitrogens is 1. The van der Waals surface area contributed by atoms with Crippen LogP contribution in [0.4, 0.5) is 0 Å². The molecule has 0 radical (unpaired) electrons. The van der Waals surface area contributed by atoms with Crippen molar-refractivity contribution in [2.75, 3.05) is 14.2 Å². The zero-order chi connectivity index (χ0) is 10.4. The van der Waals surface area contributed by atoms with Gasteiger partial charge in [0.05, 0.1) is 11.4 Å². The summed E-state index contributed by atoms with van der Waals surface area (Å²) in [6.45, 7) is 2.09. The summed E-state index contributed by atoms with van der Waals surface area (Å²) < 4.78 is 10.4. The lowest BCUT2D eigenvalue weighted by molar-refractivity contribution is -0.102. The van der Waals surface area contributed by atoms with Gasteiger partial charge in [0, 0.05) is 14.2 Å². The van der Waals surface area contributed by atoms with E-state index in [4.69, 9.17) is 9.47 Å². The largest absolute Gasteiger partial charge is 0.355 e. The van der Waals surface area contributed by atoms with E-state index in [1.54, 1.807) is 32.2 Å². The van der Waals surface area contributed by atoms with Crippen molar-refractivity contribution in [2.24, 2.45) is 0 Å². The van der Waals surface area contributed by atoms with Gasteiger partial charge in [0.25, 0.3) is 0 Å². The topological polar surface area (TPSA) is 60.0 Å². The first-order valence-electron chi connectivity index (χ1n) is 4.39. The highest BCUT2D eigenvalue weighted by Crippen LogP contribution is 2.26. The minimum atomic E-state index is -0.207. The van der Waals surface area contributed by atoms with E-state index in [0.29, 0.717) is 0 Å². The van der Waals surface area contributed by atoms with Gasteiger partial charge in [0.1, 0.15) is 5.03 Å². The smallest absolute Gasteiger partial charge is 0.168 e. The second-order valence-electron chi connectivity index (χ2n) is 2.71. The van der Waals surface area contributed by atoms with Gasteiger partial charge in [-0.15, -0.1) is 5.10 Å². The number of thioether (sulfide) groups is 1. The van der Waals surface area contributed by atoms with Crippen LogP contribution in [0, 0.1) is 0 Å². The third-order valence-corrected chi connectivity index (χ3v) is 3.13. The maximum Gasteiger partial charge on any atom is 0.168 e. The normalized spacial score (nSPS) is 13.4. The average Bonchev–Trinajstić information content (AvgIpc) is 2.70. The van der Waals surface area contributed by atoms with Gasteiger partial charge in [-0.05, 0) is 6.42 Å². The second-order valence-corrected chi connectivity index (χ2v) is 3.97. The first kappa shape index (κ1) is 11.5. The van der Waals surface area contributed by atoms with Crippen LogP contribution in [0.15, 0.2) is 11.2 Å². The molecule has 6 heteroatoms. The van der Waals surface area contributed by atoms with Crippen LogP contribution in [0.1, 0.15) is 13.3 Å². The molecule has 1 atom stereocenters. The monoisotopic (exact) mass is 217 g/mol. The number of rotatable bonds is 6. The van der Waals surface area contributed by atoms with Crippen LogP contribution < -0.4 is 0 Å². The molecule has 1 heterocycles. The Morgan fingerprint density at radius 2 is 2.21 bits per heavy atom. The van der Waals surface area contributed by atoms with E-state index >= 15 is 0 Å². The minimum Gasteiger partial charge on any atom is -0.355 e. The van der Waals surface area contributed by atoms with Gasteiger partial charge in [-0.2, -0.15) is 10.3 Å². The zero-order valence-corrected chi connectivity index (χ0v) is 9.37. The number of nitrogens with one attached hydrogen (secondary N) is 1. The van der Waals surface area contributed by atoms with E-state index in [2.05, 4.69) is 22.3 Å². The van der Waals surface area contributed by atoms with Crippen molar-refractivity contribution in [3.63, 3.8) is 0 Å². The Labute approximate surface area is 87.6 Å². The number of hydrogen-bond acceptors (Lipinski definition) is 5. The van der Waals surface area contributed by atoms with Crippen molar-refractivity contribution in [2.45, 2.75) is 29.9 Å².